The highest BCUT2D eigenvalue weighted by Crippen LogP contribution is 2.21. The minimum absolute atomic E-state index is 0.123. The molecule has 0 radical (unpaired) electrons. The highest BCUT2D eigenvalue weighted by Gasteiger charge is 2.28. The average molecular weight is 480 g/mol. The number of halogens is 1. The molecule has 10 heteroatoms. The van der Waals surface area contributed by atoms with Crippen LogP contribution in [-0.4, -0.2) is 63.0 Å². The molecule has 2 heterocycles. The third-order valence-electron chi connectivity index (χ3n) is 5.98. The van der Waals surface area contributed by atoms with E-state index in [2.05, 4.69) is 4.98 Å². The lowest BCUT2D eigenvalue weighted by Gasteiger charge is -2.34. The smallest absolute Gasteiger partial charge is 0.297 e. The number of amides is 2. The Morgan fingerprint density at radius 1 is 1.03 bits per heavy atom. The molecule has 9 nitrogen and oxygen atoms in total. The minimum Gasteiger partial charge on any atom is -0.501 e. The van der Waals surface area contributed by atoms with E-state index >= 15 is 0 Å². The van der Waals surface area contributed by atoms with Gasteiger partial charge >= 0.3 is 0 Å². The van der Waals surface area contributed by atoms with Crippen molar-refractivity contribution in [3.05, 3.63) is 87.6 Å². The molecular weight excluding hydrogens is 453 g/mol. The molecule has 0 saturated carbocycles. The minimum atomic E-state index is -0.738. The standard InChI is InChI=1S/C25H26FN5O4/c1-28-24(35)22(33)21(27-25(28)30-13-11-29(17-32)12-14-30)23(34)31(15-18-5-3-2-4-6-18)16-19-7-9-20(26)10-8-19/h2-10,17,33H,11-16H2,1H3. The van der Waals surface area contributed by atoms with Gasteiger partial charge in [0, 0.05) is 46.3 Å². The maximum absolute atomic E-state index is 13.6. The fourth-order valence-corrected chi connectivity index (χ4v) is 4.00. The van der Waals surface area contributed by atoms with Gasteiger partial charge in [0.25, 0.3) is 11.5 Å². The summed E-state index contributed by atoms with van der Waals surface area (Å²) in [6.45, 7) is 2.09. The van der Waals surface area contributed by atoms with E-state index in [0.29, 0.717) is 31.7 Å². The second kappa shape index (κ2) is 10.4. The first-order valence-corrected chi connectivity index (χ1v) is 11.2. The van der Waals surface area contributed by atoms with E-state index in [1.165, 1.54) is 28.6 Å². The van der Waals surface area contributed by atoms with Crippen LogP contribution in [-0.2, 0) is 24.9 Å². The van der Waals surface area contributed by atoms with E-state index in [0.717, 1.165) is 12.0 Å². The van der Waals surface area contributed by atoms with Crippen molar-refractivity contribution in [2.75, 3.05) is 31.1 Å². The molecule has 2 aromatic carbocycles. The number of hydrogen-bond donors (Lipinski definition) is 1. The molecule has 0 bridgehead atoms. The van der Waals surface area contributed by atoms with Crippen molar-refractivity contribution in [1.82, 2.24) is 19.4 Å². The molecular formula is C25H26FN5O4. The van der Waals surface area contributed by atoms with Crippen molar-refractivity contribution in [1.29, 1.82) is 0 Å². The van der Waals surface area contributed by atoms with E-state index in [-0.39, 0.29) is 30.5 Å². The van der Waals surface area contributed by atoms with Crippen molar-refractivity contribution in [2.45, 2.75) is 13.1 Å². The number of aromatic hydroxyl groups is 1. The molecule has 0 unspecified atom stereocenters. The molecule has 0 atom stereocenters. The molecule has 1 aliphatic heterocycles. The Morgan fingerprint density at radius 3 is 2.23 bits per heavy atom. The molecule has 2 amide bonds. The predicted octanol–water partition coefficient (Wildman–Crippen LogP) is 1.75. The van der Waals surface area contributed by atoms with Crippen molar-refractivity contribution < 1.29 is 19.1 Å². The van der Waals surface area contributed by atoms with Crippen molar-refractivity contribution >= 4 is 18.3 Å². The zero-order valence-corrected chi connectivity index (χ0v) is 19.3. The van der Waals surface area contributed by atoms with Crippen LogP contribution in [0, 0.1) is 5.82 Å². The number of carbonyl (C=O) groups excluding carboxylic acids is 2. The number of hydrogen-bond acceptors (Lipinski definition) is 6. The molecule has 0 aliphatic carbocycles. The Bertz CT molecular complexity index is 1260. The normalized spacial score (nSPS) is 13.5. The molecule has 1 saturated heterocycles. The Kier molecular flexibility index (Phi) is 7.09. The molecule has 182 valence electrons. The number of piperazine rings is 1. The summed E-state index contributed by atoms with van der Waals surface area (Å²) in [5.74, 6) is -1.51. The largest absolute Gasteiger partial charge is 0.501 e. The van der Waals surface area contributed by atoms with Gasteiger partial charge in [-0.3, -0.25) is 19.0 Å². The topological polar surface area (TPSA) is 99.0 Å². The van der Waals surface area contributed by atoms with Gasteiger partial charge in [-0.05, 0) is 23.3 Å². The van der Waals surface area contributed by atoms with Gasteiger partial charge in [0.2, 0.25) is 18.1 Å². The number of nitrogens with zero attached hydrogens (tertiary/aromatic N) is 5. The maximum Gasteiger partial charge on any atom is 0.297 e. The summed E-state index contributed by atoms with van der Waals surface area (Å²) >= 11 is 0. The number of benzene rings is 2. The number of carbonyl (C=O) groups is 2. The molecule has 1 aliphatic rings. The van der Waals surface area contributed by atoms with Gasteiger partial charge in [0.15, 0.2) is 5.69 Å². The number of anilines is 1. The summed E-state index contributed by atoms with van der Waals surface area (Å²) < 4.78 is 14.6. The average Bonchev–Trinajstić information content (AvgIpc) is 2.89. The first-order chi connectivity index (χ1) is 16.9. The Morgan fingerprint density at radius 2 is 1.63 bits per heavy atom. The van der Waals surface area contributed by atoms with Gasteiger partial charge in [-0.1, -0.05) is 42.5 Å². The fraction of sp³-hybridized carbons (Fsp3) is 0.280. The number of rotatable bonds is 7. The lowest BCUT2D eigenvalue weighted by atomic mass is 10.1. The van der Waals surface area contributed by atoms with Crippen LogP contribution in [0.5, 0.6) is 5.75 Å². The quantitative estimate of drug-likeness (QED) is 0.519. The van der Waals surface area contributed by atoms with Gasteiger partial charge in [-0.15, -0.1) is 0 Å². The first kappa shape index (κ1) is 23.9. The van der Waals surface area contributed by atoms with Crippen LogP contribution in [0.4, 0.5) is 10.3 Å². The predicted molar refractivity (Wildman–Crippen MR) is 127 cm³/mol. The molecule has 0 spiro atoms. The van der Waals surface area contributed by atoms with Gasteiger partial charge in [-0.2, -0.15) is 0 Å². The summed E-state index contributed by atoms with van der Waals surface area (Å²) in [6, 6.07) is 15.1. The number of aromatic nitrogens is 2. The Hall–Kier alpha value is -4.21. The Labute approximate surface area is 201 Å². The third kappa shape index (κ3) is 5.32. The van der Waals surface area contributed by atoms with Crippen molar-refractivity contribution in [3.8, 4) is 5.75 Å². The van der Waals surface area contributed by atoms with Crippen molar-refractivity contribution in [3.63, 3.8) is 0 Å². The highest BCUT2D eigenvalue weighted by molar-refractivity contribution is 5.95. The second-order valence-electron chi connectivity index (χ2n) is 8.37. The summed E-state index contributed by atoms with van der Waals surface area (Å²) in [6.07, 6.45) is 0.770. The molecule has 4 rings (SSSR count). The summed E-state index contributed by atoms with van der Waals surface area (Å²) in [5, 5.41) is 10.6. The van der Waals surface area contributed by atoms with Crippen molar-refractivity contribution in [2.24, 2.45) is 7.05 Å². The van der Waals surface area contributed by atoms with E-state index in [4.69, 9.17) is 0 Å². The summed E-state index contributed by atoms with van der Waals surface area (Å²) in [5.41, 5.74) is 0.442. The second-order valence-corrected chi connectivity index (χ2v) is 8.37. The molecule has 1 fully saturated rings. The zero-order valence-electron chi connectivity index (χ0n) is 19.3. The van der Waals surface area contributed by atoms with E-state index in [1.807, 2.05) is 30.3 Å². The van der Waals surface area contributed by atoms with Crippen LogP contribution in [0.3, 0.4) is 0 Å². The van der Waals surface area contributed by atoms with Crippen LogP contribution < -0.4 is 10.5 Å². The zero-order chi connectivity index (χ0) is 24.9. The lowest BCUT2D eigenvalue weighted by Crippen LogP contribution is -2.48. The molecule has 35 heavy (non-hydrogen) atoms. The Balaban J connectivity index is 1.69. The fourth-order valence-electron chi connectivity index (χ4n) is 4.00. The van der Waals surface area contributed by atoms with E-state index in [9.17, 15) is 23.9 Å². The molecule has 3 aromatic rings. The summed E-state index contributed by atoms with van der Waals surface area (Å²) in [4.78, 5) is 46.8. The van der Waals surface area contributed by atoms with Crippen LogP contribution >= 0.6 is 0 Å². The maximum atomic E-state index is 13.6. The van der Waals surface area contributed by atoms with Crippen LogP contribution in [0.15, 0.2) is 59.4 Å². The molecule has 1 aromatic heterocycles. The van der Waals surface area contributed by atoms with Crippen LogP contribution in [0.1, 0.15) is 21.6 Å². The van der Waals surface area contributed by atoms with Gasteiger partial charge < -0.3 is 19.8 Å². The van der Waals surface area contributed by atoms with E-state index in [1.54, 1.807) is 21.9 Å². The van der Waals surface area contributed by atoms with Crippen LogP contribution in [0.25, 0.3) is 0 Å². The van der Waals surface area contributed by atoms with Gasteiger partial charge in [0.05, 0.1) is 0 Å². The third-order valence-corrected chi connectivity index (χ3v) is 5.98. The summed E-state index contributed by atoms with van der Waals surface area (Å²) in [7, 11) is 1.48. The monoisotopic (exact) mass is 479 g/mol. The van der Waals surface area contributed by atoms with Crippen LogP contribution in [0.2, 0.25) is 0 Å². The van der Waals surface area contributed by atoms with Gasteiger partial charge in [-0.25, -0.2) is 9.37 Å². The van der Waals surface area contributed by atoms with E-state index < -0.39 is 17.2 Å². The first-order valence-electron chi connectivity index (χ1n) is 11.2. The highest BCUT2D eigenvalue weighted by atomic mass is 19.1. The SMILES string of the molecule is Cn1c(N2CCN(C=O)CC2)nc(C(=O)N(Cc2ccccc2)Cc2ccc(F)cc2)c(O)c1=O. The lowest BCUT2D eigenvalue weighted by molar-refractivity contribution is -0.118. The van der Waals surface area contributed by atoms with Gasteiger partial charge in [0.1, 0.15) is 5.82 Å². The molecule has 1 N–H and O–H groups in total.